The minimum atomic E-state index is 0.614. The number of furan rings is 3. The van der Waals surface area contributed by atoms with Crippen molar-refractivity contribution in [2.75, 3.05) is 0 Å². The van der Waals surface area contributed by atoms with Crippen molar-refractivity contribution in [2.45, 2.75) is 0 Å². The van der Waals surface area contributed by atoms with Crippen molar-refractivity contribution in [3.05, 3.63) is 516 Å². The number of hydrogen-bond acceptors (Lipinski definition) is 12. The highest BCUT2D eigenvalue weighted by Gasteiger charge is 2.24. The molecule has 0 radical (unpaired) electrons. The summed E-state index contributed by atoms with van der Waals surface area (Å²) in [6.45, 7) is 0. The Labute approximate surface area is 836 Å². The van der Waals surface area contributed by atoms with E-state index in [9.17, 15) is 0 Å². The Balaban J connectivity index is 0.000000114. The zero-order valence-corrected chi connectivity index (χ0v) is 78.3. The van der Waals surface area contributed by atoms with Crippen molar-refractivity contribution < 1.29 is 13.3 Å². The SMILES string of the molecule is c1ccc(-c2ccc(-c3nc(-c4ccc(-c5ccccc5)cc4)nc(-c4cccc(-c5cccc6oc7ccccc7c56)c4)n3)cc2)cc1.c1ccc(-c2ccc(-c3nc(-c4cccc(-c5cccc6oc7ccccc7c56)c4)nc(-c4cccc5ccccc45)n3)cc2)cc1.c1ccc(-c2ccc(-c3nc(-c4cccc(-c5ccccc5)c4)nc(-c4cccc(-c5cccc6oc7ccccc7c56)c4)n3)cc2)cc1. The van der Waals surface area contributed by atoms with E-state index in [-0.39, 0.29) is 0 Å². The molecule has 27 aromatic rings. The van der Waals surface area contributed by atoms with E-state index in [4.69, 9.17) is 58.1 Å². The second kappa shape index (κ2) is 38.6. The largest absolute Gasteiger partial charge is 0.456 e. The van der Waals surface area contributed by atoms with Gasteiger partial charge in [-0.1, -0.05) is 455 Å². The number of nitrogens with zero attached hydrogens (tertiary/aromatic N) is 9. The number of para-hydroxylation sites is 3. The molecule has 21 aromatic carbocycles. The maximum atomic E-state index is 6.20. The third-order valence-corrected chi connectivity index (χ3v) is 26.7. The van der Waals surface area contributed by atoms with Crippen LogP contribution in [0.4, 0.5) is 0 Å². The lowest BCUT2D eigenvalue weighted by molar-refractivity contribution is 0.668. The van der Waals surface area contributed by atoms with Crippen LogP contribution in [0.3, 0.4) is 0 Å². The summed E-state index contributed by atoms with van der Waals surface area (Å²) in [4.78, 5) is 45.6. The molecule has 0 atom stereocenters. The van der Waals surface area contributed by atoms with Crippen molar-refractivity contribution in [3.8, 4) is 192 Å². The Kier molecular flexibility index (Phi) is 23.1. The summed E-state index contributed by atoms with van der Waals surface area (Å²) in [7, 11) is 0. The van der Waals surface area contributed by atoms with E-state index in [0.717, 1.165) is 193 Å². The molecule has 6 aromatic heterocycles. The van der Waals surface area contributed by atoms with Gasteiger partial charge in [-0.25, -0.2) is 44.9 Å². The molecule has 27 rings (SSSR count). The van der Waals surface area contributed by atoms with Crippen LogP contribution in [0.25, 0.3) is 268 Å². The van der Waals surface area contributed by atoms with Crippen LogP contribution < -0.4 is 0 Å². The van der Waals surface area contributed by atoms with Crippen LogP contribution >= 0.6 is 0 Å². The van der Waals surface area contributed by atoms with Crippen molar-refractivity contribution in [1.29, 1.82) is 0 Å². The van der Waals surface area contributed by atoms with Crippen LogP contribution in [0.2, 0.25) is 0 Å². The molecule has 680 valence electrons. The summed E-state index contributed by atoms with van der Waals surface area (Å²) in [5.41, 5.74) is 31.6. The number of hydrogen-bond donors (Lipinski definition) is 0. The van der Waals surface area contributed by atoms with Gasteiger partial charge in [0.25, 0.3) is 0 Å². The minimum absolute atomic E-state index is 0.614. The Bertz CT molecular complexity index is 9370. The molecular weight excluding hydrogens is 1770 g/mol. The highest BCUT2D eigenvalue weighted by molar-refractivity contribution is 6.15. The first-order valence-electron chi connectivity index (χ1n) is 48.4. The Morgan fingerprint density at radius 3 is 0.607 bits per heavy atom. The maximum absolute atomic E-state index is 6.20. The first-order chi connectivity index (χ1) is 71.8. The molecule has 0 bridgehead atoms. The maximum Gasteiger partial charge on any atom is 0.164 e. The third-order valence-electron chi connectivity index (χ3n) is 26.7. The second-order valence-electron chi connectivity index (χ2n) is 35.7. The lowest BCUT2D eigenvalue weighted by Crippen LogP contribution is -2.00. The Morgan fingerprint density at radius 2 is 0.297 bits per heavy atom. The molecule has 0 unspecified atom stereocenters. The number of benzene rings is 21. The summed E-state index contributed by atoms with van der Waals surface area (Å²) in [6, 6.07) is 177. The zero-order chi connectivity index (χ0) is 96.3. The van der Waals surface area contributed by atoms with Crippen LogP contribution in [0.1, 0.15) is 0 Å². The first-order valence-corrected chi connectivity index (χ1v) is 48.4. The summed E-state index contributed by atoms with van der Waals surface area (Å²) in [5.74, 6) is 5.62. The fraction of sp³-hybridized carbons (Fsp3) is 0. The van der Waals surface area contributed by atoms with Crippen LogP contribution in [-0.2, 0) is 0 Å². The minimum Gasteiger partial charge on any atom is -0.456 e. The molecule has 0 aliphatic rings. The van der Waals surface area contributed by atoms with Gasteiger partial charge in [0.2, 0.25) is 0 Å². The quantitative estimate of drug-likeness (QED) is 0.0852. The summed E-state index contributed by atoms with van der Waals surface area (Å²) >= 11 is 0. The number of aromatic nitrogens is 9. The van der Waals surface area contributed by atoms with E-state index in [1.54, 1.807) is 0 Å². The summed E-state index contributed by atoms with van der Waals surface area (Å²) in [6.07, 6.45) is 0. The van der Waals surface area contributed by atoms with Gasteiger partial charge in [0.15, 0.2) is 52.4 Å². The first kappa shape index (κ1) is 86.9. The van der Waals surface area contributed by atoms with Gasteiger partial charge in [-0.3, -0.25) is 0 Å². The van der Waals surface area contributed by atoms with Crippen LogP contribution in [0.5, 0.6) is 0 Å². The van der Waals surface area contributed by atoms with Gasteiger partial charge in [-0.2, -0.15) is 0 Å². The summed E-state index contributed by atoms with van der Waals surface area (Å²) in [5, 5.41) is 8.84. The average molecular weight is 1860 g/mol. The fourth-order valence-electron chi connectivity index (χ4n) is 19.5. The van der Waals surface area contributed by atoms with Crippen LogP contribution in [0, 0.1) is 0 Å². The molecule has 0 fully saturated rings. The highest BCUT2D eigenvalue weighted by atomic mass is 16.3. The molecule has 12 nitrogen and oxygen atoms in total. The Morgan fingerprint density at radius 1 is 0.110 bits per heavy atom. The van der Waals surface area contributed by atoms with E-state index >= 15 is 0 Å². The van der Waals surface area contributed by atoms with Gasteiger partial charge in [0, 0.05) is 82.4 Å². The molecule has 0 saturated heterocycles. The normalized spacial score (nSPS) is 11.3. The molecule has 145 heavy (non-hydrogen) atoms. The molecule has 0 N–H and O–H groups in total. The van der Waals surface area contributed by atoms with Gasteiger partial charge in [-0.15, -0.1) is 0 Å². The van der Waals surface area contributed by atoms with E-state index in [1.165, 1.54) is 22.3 Å². The summed E-state index contributed by atoms with van der Waals surface area (Å²) < 4.78 is 18.6. The molecule has 0 saturated carbocycles. The topological polar surface area (TPSA) is 155 Å². The van der Waals surface area contributed by atoms with Gasteiger partial charge in [0.1, 0.15) is 33.5 Å². The molecular formula is C133H85N9O3. The van der Waals surface area contributed by atoms with Crippen molar-refractivity contribution in [2.24, 2.45) is 0 Å². The van der Waals surface area contributed by atoms with Crippen LogP contribution in [0.15, 0.2) is 529 Å². The molecule has 0 aliphatic heterocycles. The Hall–Kier alpha value is -19.7. The van der Waals surface area contributed by atoms with Gasteiger partial charge in [0.05, 0.1) is 0 Å². The molecule has 0 aliphatic carbocycles. The highest BCUT2D eigenvalue weighted by Crippen LogP contribution is 2.44. The van der Waals surface area contributed by atoms with E-state index in [1.807, 2.05) is 103 Å². The van der Waals surface area contributed by atoms with Gasteiger partial charge >= 0.3 is 0 Å². The predicted molar refractivity (Wildman–Crippen MR) is 591 cm³/mol. The smallest absolute Gasteiger partial charge is 0.164 e. The molecule has 12 heteroatoms. The van der Waals surface area contributed by atoms with Crippen LogP contribution in [-0.4, -0.2) is 44.9 Å². The number of fused-ring (bicyclic) bond motifs is 10. The average Bonchev–Trinajstić information content (AvgIpc) is 1.61. The van der Waals surface area contributed by atoms with Crippen molar-refractivity contribution in [3.63, 3.8) is 0 Å². The molecule has 0 spiro atoms. The predicted octanol–water partition coefficient (Wildman–Crippen LogP) is 34.8. The van der Waals surface area contributed by atoms with E-state index < -0.39 is 0 Å². The lowest BCUT2D eigenvalue weighted by atomic mass is 9.97. The standard InChI is InChI=1S/2C45H29N3O.C43H27N3O/c1-3-12-30(13-4-1)32-24-26-33(27-25-32)43-46-44(36-18-9-16-34(28-36)31-14-5-2-6-15-31)48-45(47-43)37-19-10-17-35(29-37)38-21-11-23-41-42(38)39-20-7-8-22-40(39)49-41;1-3-11-30(12-4-1)32-21-25-34(26-22-32)43-46-44(35-27-23-33(24-28-35)31-13-5-2-6-14-31)48-45(47-43)37-16-9-15-36(29-37)38-18-10-20-41-42(38)39-17-7-8-19-40(39)49-41;1-2-11-28(12-3-1)29-23-25-31(26-24-29)41-44-42(46-43(45-41)36-20-9-14-30-13-4-5-17-34(30)36)33-16-8-15-32(27-33)35-19-10-22-39-40(35)37-18-6-7-21-38(37)47-39/h2*1-29H;1-27H. The van der Waals surface area contributed by atoms with E-state index in [2.05, 4.69) is 413 Å². The molecule has 6 heterocycles. The fourth-order valence-corrected chi connectivity index (χ4v) is 19.5. The monoisotopic (exact) mass is 1860 g/mol. The van der Waals surface area contributed by atoms with Crippen molar-refractivity contribution >= 4 is 76.6 Å². The number of rotatable bonds is 17. The van der Waals surface area contributed by atoms with Crippen molar-refractivity contribution in [1.82, 2.24) is 44.9 Å². The zero-order valence-electron chi connectivity index (χ0n) is 78.3. The van der Waals surface area contributed by atoms with Gasteiger partial charge < -0.3 is 13.3 Å². The van der Waals surface area contributed by atoms with E-state index in [0.29, 0.717) is 52.4 Å². The van der Waals surface area contributed by atoms with Gasteiger partial charge in [-0.05, 0) is 160 Å². The lowest BCUT2D eigenvalue weighted by Gasteiger charge is -2.12. The third kappa shape index (κ3) is 17.7. The second-order valence-corrected chi connectivity index (χ2v) is 35.7. The molecule has 0 amide bonds.